The van der Waals surface area contributed by atoms with Crippen molar-refractivity contribution in [3.63, 3.8) is 0 Å². The van der Waals surface area contributed by atoms with Crippen LogP contribution in [0.25, 0.3) is 0 Å². The lowest BCUT2D eigenvalue weighted by molar-refractivity contribution is 0.178. The molecule has 0 amide bonds. The number of fused-ring (bicyclic) bond motifs is 1. The number of aliphatic hydroxyl groups excluding tert-OH is 1. The quantitative estimate of drug-likeness (QED) is 0.889. The molecule has 0 radical (unpaired) electrons. The number of rotatable bonds is 3. The number of benzene rings is 2. The Bertz CT molecular complexity index is 592. The molecule has 0 saturated heterocycles. The summed E-state index contributed by atoms with van der Waals surface area (Å²) in [7, 11) is 0. The van der Waals surface area contributed by atoms with E-state index in [-0.39, 0.29) is 5.82 Å². The van der Waals surface area contributed by atoms with Gasteiger partial charge in [0.05, 0.1) is 6.10 Å². The summed E-state index contributed by atoms with van der Waals surface area (Å²) in [4.78, 5) is 0. The molecule has 0 spiro atoms. The Morgan fingerprint density at radius 1 is 1.05 bits per heavy atom. The summed E-state index contributed by atoms with van der Waals surface area (Å²) < 4.78 is 13.1. The zero-order valence-corrected chi connectivity index (χ0v) is 10.8. The lowest BCUT2D eigenvalue weighted by Crippen LogP contribution is -2.03. The van der Waals surface area contributed by atoms with Crippen LogP contribution in [0.5, 0.6) is 0 Å². The Balaban J connectivity index is 1.78. The number of hydrogen-bond donors (Lipinski definition) is 1. The fourth-order valence-electron chi connectivity index (χ4n) is 2.80. The van der Waals surface area contributed by atoms with Crippen LogP contribution in [0.4, 0.5) is 4.39 Å². The van der Waals surface area contributed by atoms with E-state index in [1.165, 1.54) is 29.7 Å². The van der Waals surface area contributed by atoms with Crippen molar-refractivity contribution in [2.45, 2.75) is 31.8 Å². The molecule has 2 heteroatoms. The molecule has 2 aromatic carbocycles. The summed E-state index contributed by atoms with van der Waals surface area (Å²) in [6.45, 7) is 0. The van der Waals surface area contributed by atoms with E-state index >= 15 is 0 Å². The van der Waals surface area contributed by atoms with Crippen LogP contribution in [0, 0.1) is 5.82 Å². The minimum Gasteiger partial charge on any atom is -0.388 e. The first kappa shape index (κ1) is 12.4. The van der Waals surface area contributed by atoms with Crippen molar-refractivity contribution in [3.8, 4) is 0 Å². The van der Waals surface area contributed by atoms with E-state index in [1.54, 1.807) is 6.07 Å². The smallest absolute Gasteiger partial charge is 0.123 e. The molecule has 3 rings (SSSR count). The maximum absolute atomic E-state index is 13.1. The molecule has 1 nitrogen and oxygen atoms in total. The molecule has 0 heterocycles. The highest BCUT2D eigenvalue weighted by atomic mass is 19.1. The largest absolute Gasteiger partial charge is 0.388 e. The second-order valence-electron chi connectivity index (χ2n) is 5.23. The molecule has 0 aromatic heterocycles. The molecule has 1 aliphatic carbocycles. The summed E-state index contributed by atoms with van der Waals surface area (Å²) in [5.74, 6) is -0.251. The van der Waals surface area contributed by atoms with Crippen LogP contribution < -0.4 is 0 Å². The average Bonchev–Trinajstić information content (AvgIpc) is 2.85. The number of aliphatic hydroxyl groups is 1. The van der Waals surface area contributed by atoms with E-state index in [4.69, 9.17) is 0 Å². The summed E-state index contributed by atoms with van der Waals surface area (Å²) in [5, 5.41) is 10.3. The average molecular weight is 256 g/mol. The molecule has 0 saturated carbocycles. The van der Waals surface area contributed by atoms with Gasteiger partial charge < -0.3 is 5.11 Å². The molecule has 0 aliphatic heterocycles. The molecule has 0 bridgehead atoms. The van der Waals surface area contributed by atoms with Gasteiger partial charge in [0.1, 0.15) is 5.82 Å². The summed E-state index contributed by atoms with van der Waals surface area (Å²) in [6.07, 6.45) is 3.36. The third-order valence-electron chi connectivity index (χ3n) is 3.83. The Morgan fingerprint density at radius 3 is 2.74 bits per heavy atom. The first-order chi connectivity index (χ1) is 9.22. The molecule has 0 fully saturated rings. The molecule has 98 valence electrons. The van der Waals surface area contributed by atoms with Gasteiger partial charge >= 0.3 is 0 Å². The maximum atomic E-state index is 13.1. The topological polar surface area (TPSA) is 20.2 Å². The molecule has 1 aliphatic rings. The van der Waals surface area contributed by atoms with Gasteiger partial charge in [-0.15, -0.1) is 0 Å². The molecule has 1 atom stereocenters. The fourth-order valence-corrected chi connectivity index (χ4v) is 2.80. The minimum absolute atomic E-state index is 0.251. The van der Waals surface area contributed by atoms with Gasteiger partial charge in [-0.2, -0.15) is 0 Å². The Hall–Kier alpha value is -1.67. The minimum atomic E-state index is -0.562. The van der Waals surface area contributed by atoms with Crippen LogP contribution in [0.3, 0.4) is 0 Å². The van der Waals surface area contributed by atoms with Gasteiger partial charge in [-0.25, -0.2) is 4.39 Å². The van der Waals surface area contributed by atoms with Crippen molar-refractivity contribution in [1.29, 1.82) is 0 Å². The van der Waals surface area contributed by atoms with Gasteiger partial charge in [0.25, 0.3) is 0 Å². The van der Waals surface area contributed by atoms with E-state index in [0.29, 0.717) is 6.42 Å². The molecular formula is C17H17FO. The predicted octanol–water partition coefficient (Wildman–Crippen LogP) is 3.59. The van der Waals surface area contributed by atoms with Crippen molar-refractivity contribution < 1.29 is 9.50 Å². The highest BCUT2D eigenvalue weighted by Gasteiger charge is 2.14. The number of halogens is 1. The second kappa shape index (κ2) is 5.14. The van der Waals surface area contributed by atoms with Crippen LogP contribution in [0.1, 0.15) is 34.8 Å². The zero-order valence-electron chi connectivity index (χ0n) is 10.8. The van der Waals surface area contributed by atoms with Gasteiger partial charge in [0, 0.05) is 6.42 Å². The Labute approximate surface area is 112 Å². The van der Waals surface area contributed by atoms with E-state index < -0.39 is 6.10 Å². The number of aryl methyl sites for hydroxylation is 2. The van der Waals surface area contributed by atoms with Crippen LogP contribution >= 0.6 is 0 Å². The van der Waals surface area contributed by atoms with Gasteiger partial charge in [-0.3, -0.25) is 0 Å². The lowest BCUT2D eigenvalue weighted by atomic mass is 9.98. The predicted molar refractivity (Wildman–Crippen MR) is 73.5 cm³/mol. The second-order valence-corrected chi connectivity index (χ2v) is 5.23. The van der Waals surface area contributed by atoms with E-state index in [0.717, 1.165) is 24.0 Å². The van der Waals surface area contributed by atoms with Crippen LogP contribution in [-0.2, 0) is 19.3 Å². The first-order valence-electron chi connectivity index (χ1n) is 6.76. The highest BCUT2D eigenvalue weighted by Crippen LogP contribution is 2.26. The molecular weight excluding hydrogens is 239 g/mol. The maximum Gasteiger partial charge on any atom is 0.123 e. The Morgan fingerprint density at radius 2 is 1.89 bits per heavy atom. The zero-order chi connectivity index (χ0) is 13.2. The third kappa shape index (κ3) is 2.69. The van der Waals surface area contributed by atoms with E-state index in [2.05, 4.69) is 12.1 Å². The Kier molecular flexibility index (Phi) is 3.34. The molecule has 2 aromatic rings. The van der Waals surface area contributed by atoms with Crippen LogP contribution in [0.2, 0.25) is 0 Å². The van der Waals surface area contributed by atoms with Crippen LogP contribution in [-0.4, -0.2) is 5.11 Å². The molecule has 19 heavy (non-hydrogen) atoms. The van der Waals surface area contributed by atoms with Crippen molar-refractivity contribution >= 4 is 0 Å². The van der Waals surface area contributed by atoms with Gasteiger partial charge in [-0.1, -0.05) is 30.3 Å². The number of hydrogen-bond acceptors (Lipinski definition) is 1. The van der Waals surface area contributed by atoms with E-state index in [9.17, 15) is 9.50 Å². The summed E-state index contributed by atoms with van der Waals surface area (Å²) in [6, 6.07) is 12.6. The highest BCUT2D eigenvalue weighted by molar-refractivity contribution is 5.36. The normalized spacial score (nSPS) is 15.3. The van der Waals surface area contributed by atoms with Crippen LogP contribution in [0.15, 0.2) is 42.5 Å². The summed E-state index contributed by atoms with van der Waals surface area (Å²) >= 11 is 0. The fraction of sp³-hybridized carbons (Fsp3) is 0.294. The standard InChI is InChI=1S/C17H17FO/c18-16-6-1-3-12(9-16)10-17(19)15-8-7-13-4-2-5-14(13)11-15/h1,3,6-9,11,17,19H,2,4-5,10H2. The SMILES string of the molecule is OC(Cc1cccc(F)c1)c1ccc2c(c1)CCC2. The monoisotopic (exact) mass is 256 g/mol. The van der Waals surface area contributed by atoms with Gasteiger partial charge in [0.2, 0.25) is 0 Å². The first-order valence-corrected chi connectivity index (χ1v) is 6.76. The third-order valence-corrected chi connectivity index (χ3v) is 3.83. The molecule has 1 N–H and O–H groups in total. The lowest BCUT2D eigenvalue weighted by Gasteiger charge is -2.13. The van der Waals surface area contributed by atoms with Crippen molar-refractivity contribution in [3.05, 3.63) is 70.5 Å². The van der Waals surface area contributed by atoms with Crippen molar-refractivity contribution in [1.82, 2.24) is 0 Å². The molecule has 1 unspecified atom stereocenters. The van der Waals surface area contributed by atoms with Gasteiger partial charge in [0.15, 0.2) is 0 Å². The van der Waals surface area contributed by atoms with E-state index in [1.807, 2.05) is 12.1 Å². The van der Waals surface area contributed by atoms with Crippen molar-refractivity contribution in [2.24, 2.45) is 0 Å². The van der Waals surface area contributed by atoms with Crippen molar-refractivity contribution in [2.75, 3.05) is 0 Å². The summed E-state index contributed by atoms with van der Waals surface area (Å²) in [5.41, 5.74) is 4.52. The van der Waals surface area contributed by atoms with Gasteiger partial charge in [-0.05, 0) is 53.6 Å².